The van der Waals surface area contributed by atoms with Crippen molar-refractivity contribution in [2.24, 2.45) is 0 Å². The van der Waals surface area contributed by atoms with Crippen LogP contribution in [0.4, 0.5) is 0 Å². The van der Waals surface area contributed by atoms with Crippen LogP contribution < -0.4 is 0 Å². The van der Waals surface area contributed by atoms with E-state index in [1.54, 1.807) is 12.3 Å². The minimum Gasteiger partial charge on any atom is -0.287 e. The first-order chi connectivity index (χ1) is 3.80. The van der Waals surface area contributed by atoms with Crippen molar-refractivity contribution in [1.29, 1.82) is 0 Å². The van der Waals surface area contributed by atoms with Gasteiger partial charge in [-0.1, -0.05) is 0 Å². The van der Waals surface area contributed by atoms with Gasteiger partial charge >= 0.3 is 0 Å². The van der Waals surface area contributed by atoms with Crippen LogP contribution in [0, 0.1) is 0 Å². The molecule has 0 fully saturated rings. The molecule has 0 N–H and O–H groups in total. The minimum atomic E-state index is -0.0764. The molecule has 0 aliphatic heterocycles. The van der Waals surface area contributed by atoms with Crippen LogP contribution in [0.3, 0.4) is 0 Å². The van der Waals surface area contributed by atoms with Crippen molar-refractivity contribution >= 4 is 15.9 Å². The fourth-order valence-corrected chi connectivity index (χ4v) is 0.622. The van der Waals surface area contributed by atoms with Gasteiger partial charge in [0.1, 0.15) is 0 Å². The van der Waals surface area contributed by atoms with E-state index in [4.69, 9.17) is 0 Å². The minimum absolute atomic E-state index is 0.0764. The molecule has 0 bridgehead atoms. The number of nitrogens with zero attached hydrogens (tertiary/aromatic N) is 1. The average molecular weight is 173 g/mol. The highest BCUT2D eigenvalue weighted by atomic mass is 79.9. The van der Waals surface area contributed by atoms with E-state index in [1.807, 2.05) is 0 Å². The normalized spacial score (nSPS) is 9.12. The first-order valence-electron chi connectivity index (χ1n) is 2.08. The summed E-state index contributed by atoms with van der Waals surface area (Å²) in [4.78, 5) is 3.68. The van der Waals surface area contributed by atoms with E-state index >= 15 is 0 Å². The molecule has 0 spiro atoms. The van der Waals surface area contributed by atoms with Gasteiger partial charge in [-0.25, -0.2) is 4.98 Å². The topological polar surface area (TPSA) is 32.8 Å². The Balaban J connectivity index is 3.13. The van der Waals surface area contributed by atoms with E-state index in [1.165, 1.54) is 6.07 Å². The molecule has 1 aromatic rings. The molecule has 1 heterocycles. The molecule has 0 atom stereocenters. The summed E-state index contributed by atoms with van der Waals surface area (Å²) in [6.07, 6.45) is 1.56. The van der Waals surface area contributed by atoms with Gasteiger partial charge < -0.3 is 0 Å². The smallest absolute Gasteiger partial charge is 0.211 e. The molecule has 0 aliphatic rings. The molecule has 0 aromatic carbocycles. The van der Waals surface area contributed by atoms with E-state index in [2.05, 4.69) is 20.9 Å². The van der Waals surface area contributed by atoms with Crippen LogP contribution in [0.1, 0.15) is 0 Å². The van der Waals surface area contributed by atoms with Gasteiger partial charge in [0.25, 0.3) is 0 Å². The molecule has 0 aliphatic carbocycles. The predicted octanol–water partition coefficient (Wildman–Crippen LogP) is 1.99. The maximum absolute atomic E-state index is 10.5. The standard InChI is InChI=1S/C5H3BrNO/c6-5-4(8)2-1-3-7-5/h1-3H. The van der Waals surface area contributed by atoms with Gasteiger partial charge in [-0.2, -0.15) is 0 Å². The second-order valence-corrected chi connectivity index (χ2v) is 2.04. The van der Waals surface area contributed by atoms with Gasteiger partial charge in [0, 0.05) is 6.20 Å². The fourth-order valence-electron chi connectivity index (χ4n) is 0.371. The summed E-state index contributed by atoms with van der Waals surface area (Å²) in [7, 11) is 0. The fraction of sp³-hybridized carbons (Fsp3) is 0. The van der Waals surface area contributed by atoms with Crippen molar-refractivity contribution in [2.45, 2.75) is 0 Å². The zero-order valence-corrected chi connectivity index (χ0v) is 5.55. The second kappa shape index (κ2) is 2.13. The Morgan fingerprint density at radius 1 is 1.62 bits per heavy atom. The molecule has 8 heavy (non-hydrogen) atoms. The van der Waals surface area contributed by atoms with Crippen molar-refractivity contribution in [3.05, 3.63) is 22.9 Å². The molecular weight excluding hydrogens is 170 g/mol. The van der Waals surface area contributed by atoms with Gasteiger partial charge in [0.2, 0.25) is 5.75 Å². The van der Waals surface area contributed by atoms with Crippen LogP contribution in [-0.4, -0.2) is 4.98 Å². The first-order valence-corrected chi connectivity index (χ1v) is 2.87. The number of pyridine rings is 1. The molecule has 41 valence electrons. The van der Waals surface area contributed by atoms with Crippen molar-refractivity contribution in [1.82, 2.24) is 4.98 Å². The highest BCUT2D eigenvalue weighted by molar-refractivity contribution is 9.10. The van der Waals surface area contributed by atoms with E-state index in [-0.39, 0.29) is 5.75 Å². The highest BCUT2D eigenvalue weighted by Crippen LogP contribution is 2.18. The number of aromatic nitrogens is 1. The lowest BCUT2D eigenvalue weighted by Gasteiger charge is -1.85. The monoisotopic (exact) mass is 172 g/mol. The Bertz CT molecular complexity index is 169. The van der Waals surface area contributed by atoms with Crippen LogP contribution in [0.15, 0.2) is 22.9 Å². The SMILES string of the molecule is [O]c1cccnc1Br. The quantitative estimate of drug-likeness (QED) is 0.552. The third kappa shape index (κ3) is 0.980. The lowest BCUT2D eigenvalue weighted by atomic mass is 10.5. The van der Waals surface area contributed by atoms with Gasteiger partial charge in [0.15, 0.2) is 4.60 Å². The Hall–Kier alpha value is -0.570. The summed E-state index contributed by atoms with van der Waals surface area (Å²) in [6, 6.07) is 3.06. The number of halogens is 1. The van der Waals surface area contributed by atoms with Gasteiger partial charge in [0.05, 0.1) is 0 Å². The molecule has 0 saturated carbocycles. The zero-order chi connectivity index (χ0) is 5.98. The summed E-state index contributed by atoms with van der Waals surface area (Å²) in [6.45, 7) is 0. The number of hydrogen-bond donors (Lipinski definition) is 0. The van der Waals surface area contributed by atoms with Crippen molar-refractivity contribution < 1.29 is 5.11 Å². The van der Waals surface area contributed by atoms with Gasteiger partial charge in [-0.3, -0.25) is 5.11 Å². The van der Waals surface area contributed by atoms with E-state index in [9.17, 15) is 5.11 Å². The lowest BCUT2D eigenvalue weighted by Crippen LogP contribution is -1.69. The molecule has 1 rings (SSSR count). The average Bonchev–Trinajstić information content (AvgIpc) is 1.77. The molecule has 1 aromatic heterocycles. The van der Waals surface area contributed by atoms with Crippen molar-refractivity contribution in [2.75, 3.05) is 0 Å². The molecular formula is C5H3BrNO. The maximum atomic E-state index is 10.5. The largest absolute Gasteiger partial charge is 0.287 e. The molecule has 3 heteroatoms. The summed E-state index contributed by atoms with van der Waals surface area (Å²) >= 11 is 2.97. The summed E-state index contributed by atoms with van der Waals surface area (Å²) in [5, 5.41) is 10.5. The van der Waals surface area contributed by atoms with Gasteiger partial charge in [-0.05, 0) is 28.1 Å². The Morgan fingerprint density at radius 3 is 2.75 bits per heavy atom. The molecule has 0 saturated heterocycles. The third-order valence-electron chi connectivity index (χ3n) is 0.725. The van der Waals surface area contributed by atoms with E-state index in [0.29, 0.717) is 4.60 Å². The third-order valence-corrected chi connectivity index (χ3v) is 1.32. The van der Waals surface area contributed by atoms with Crippen LogP contribution >= 0.6 is 15.9 Å². The Kier molecular flexibility index (Phi) is 1.48. The number of hydrogen-bond acceptors (Lipinski definition) is 1. The van der Waals surface area contributed by atoms with Crippen LogP contribution in [-0.2, 0) is 5.11 Å². The van der Waals surface area contributed by atoms with Crippen LogP contribution in [0.5, 0.6) is 5.75 Å². The van der Waals surface area contributed by atoms with Crippen LogP contribution in [0.25, 0.3) is 0 Å². The van der Waals surface area contributed by atoms with E-state index in [0.717, 1.165) is 0 Å². The van der Waals surface area contributed by atoms with Crippen LogP contribution in [0.2, 0.25) is 0 Å². The molecule has 0 amide bonds. The van der Waals surface area contributed by atoms with Crippen molar-refractivity contribution in [3.63, 3.8) is 0 Å². The molecule has 2 nitrogen and oxygen atoms in total. The van der Waals surface area contributed by atoms with E-state index < -0.39 is 0 Å². The number of rotatable bonds is 0. The summed E-state index contributed by atoms with van der Waals surface area (Å²) in [5.41, 5.74) is 0. The molecule has 1 radical (unpaired) electrons. The Labute approximate surface area is 55.3 Å². The first kappa shape index (κ1) is 5.56. The summed E-state index contributed by atoms with van der Waals surface area (Å²) in [5.74, 6) is -0.0764. The summed E-state index contributed by atoms with van der Waals surface area (Å²) < 4.78 is 0.375. The molecule has 0 unspecified atom stereocenters. The van der Waals surface area contributed by atoms with Crippen molar-refractivity contribution in [3.8, 4) is 5.75 Å². The maximum Gasteiger partial charge on any atom is 0.211 e. The highest BCUT2D eigenvalue weighted by Gasteiger charge is 1.94. The zero-order valence-electron chi connectivity index (χ0n) is 3.97. The second-order valence-electron chi connectivity index (χ2n) is 1.29. The lowest BCUT2D eigenvalue weighted by molar-refractivity contribution is 0.350. The Morgan fingerprint density at radius 2 is 2.38 bits per heavy atom. The predicted molar refractivity (Wildman–Crippen MR) is 32.1 cm³/mol. The van der Waals surface area contributed by atoms with Gasteiger partial charge in [-0.15, -0.1) is 0 Å².